The quantitative estimate of drug-likeness (QED) is 0.268. The molecule has 0 saturated heterocycles. The van der Waals surface area contributed by atoms with Crippen LogP contribution in [-0.2, 0) is 20.9 Å². The number of benzene rings is 2. The molecule has 0 bridgehead atoms. The van der Waals surface area contributed by atoms with Crippen molar-refractivity contribution >= 4 is 34.1 Å². The second kappa shape index (κ2) is 9.80. The van der Waals surface area contributed by atoms with Crippen LogP contribution in [0.4, 0.5) is 0 Å². The summed E-state index contributed by atoms with van der Waals surface area (Å²) in [5.41, 5.74) is 3.00. The Morgan fingerprint density at radius 1 is 1.00 bits per heavy atom. The average Bonchev–Trinajstić information content (AvgIpc) is 3.16. The Balaban J connectivity index is 1.54. The maximum atomic E-state index is 13.1. The third-order valence-corrected chi connectivity index (χ3v) is 6.31. The molecule has 0 N–H and O–H groups in total. The number of nitrogens with zero attached hydrogens (tertiary/aromatic N) is 1. The van der Waals surface area contributed by atoms with Gasteiger partial charge < -0.3 is 9.15 Å². The lowest BCUT2D eigenvalue weighted by atomic mass is 9.83. The second-order valence-corrected chi connectivity index (χ2v) is 8.73. The van der Waals surface area contributed by atoms with Crippen molar-refractivity contribution in [3.63, 3.8) is 0 Å². The van der Waals surface area contributed by atoms with Gasteiger partial charge in [-0.05, 0) is 49.4 Å². The Morgan fingerprint density at radius 3 is 2.49 bits per heavy atom. The Hall–Kier alpha value is -3.84. The van der Waals surface area contributed by atoms with Gasteiger partial charge in [0.1, 0.15) is 18.1 Å². The topological polar surface area (TPSA) is 93.9 Å². The number of aryl methyl sites for hydroxylation is 1. The van der Waals surface area contributed by atoms with Gasteiger partial charge in [-0.1, -0.05) is 31.2 Å². The molecule has 35 heavy (non-hydrogen) atoms. The van der Waals surface area contributed by atoms with E-state index in [0.29, 0.717) is 53.3 Å². The summed E-state index contributed by atoms with van der Waals surface area (Å²) in [6.07, 6.45) is 2.67. The molecule has 1 aliphatic rings. The number of hydrogen-bond acceptors (Lipinski definition) is 7. The Kier molecular flexibility index (Phi) is 6.80. The third-order valence-electron chi connectivity index (χ3n) is 6.31. The number of allylic oxidation sites excluding steroid dienone is 1. The maximum absolute atomic E-state index is 13.1. The van der Waals surface area contributed by atoms with Gasteiger partial charge in [0, 0.05) is 35.7 Å². The minimum atomic E-state index is -0.576. The van der Waals surface area contributed by atoms with E-state index < -0.39 is 17.5 Å². The molecule has 7 nitrogen and oxygen atoms in total. The second-order valence-electron chi connectivity index (χ2n) is 8.73. The lowest BCUT2D eigenvalue weighted by molar-refractivity contribution is -0.138. The van der Waals surface area contributed by atoms with E-state index in [0.717, 1.165) is 22.4 Å². The van der Waals surface area contributed by atoms with Crippen LogP contribution in [0.25, 0.3) is 22.1 Å². The minimum absolute atomic E-state index is 0.130. The van der Waals surface area contributed by atoms with Crippen molar-refractivity contribution in [2.24, 2.45) is 0 Å². The van der Waals surface area contributed by atoms with E-state index in [1.165, 1.54) is 6.08 Å². The van der Waals surface area contributed by atoms with Crippen LogP contribution in [0.3, 0.4) is 0 Å². The molecular formula is C28H27NO6. The fourth-order valence-corrected chi connectivity index (χ4v) is 4.30. The molecule has 4 rings (SSSR count). The summed E-state index contributed by atoms with van der Waals surface area (Å²) < 4.78 is 11.3. The molecule has 180 valence electrons. The highest BCUT2D eigenvalue weighted by atomic mass is 16.5. The van der Waals surface area contributed by atoms with Gasteiger partial charge in [-0.15, -0.1) is 0 Å². The van der Waals surface area contributed by atoms with Crippen LogP contribution >= 0.6 is 0 Å². The molecule has 0 radical (unpaired) electrons. The van der Waals surface area contributed by atoms with Crippen LogP contribution in [-0.4, -0.2) is 48.4 Å². The first-order chi connectivity index (χ1) is 16.7. The zero-order valence-electron chi connectivity index (χ0n) is 20.3. The zero-order chi connectivity index (χ0) is 25.3. The number of hydrogen-bond donors (Lipinski definition) is 0. The first-order valence-corrected chi connectivity index (χ1v) is 11.5. The summed E-state index contributed by atoms with van der Waals surface area (Å²) in [6.45, 7) is 6.38. The number of carbonyl (C=O) groups excluding carboxylic acids is 4. The van der Waals surface area contributed by atoms with Crippen LogP contribution in [0.15, 0.2) is 46.9 Å². The van der Waals surface area contributed by atoms with Crippen molar-refractivity contribution in [3.05, 3.63) is 70.5 Å². The van der Waals surface area contributed by atoms with E-state index >= 15 is 0 Å². The van der Waals surface area contributed by atoms with Gasteiger partial charge in [0.05, 0.1) is 12.1 Å². The van der Waals surface area contributed by atoms with Crippen molar-refractivity contribution in [1.82, 2.24) is 4.90 Å². The number of likely N-dealkylation sites (N-methyl/N-ethyl adjacent to an activating group) is 1. The Bertz CT molecular complexity index is 1390. The molecule has 3 aromatic rings. The number of furan rings is 1. The molecule has 0 aliphatic heterocycles. The van der Waals surface area contributed by atoms with E-state index in [1.54, 1.807) is 13.8 Å². The van der Waals surface area contributed by atoms with E-state index in [9.17, 15) is 19.2 Å². The van der Waals surface area contributed by atoms with Crippen molar-refractivity contribution in [2.75, 3.05) is 20.2 Å². The summed E-state index contributed by atoms with van der Waals surface area (Å²) in [4.78, 5) is 51.1. The maximum Gasteiger partial charge on any atom is 0.330 e. The van der Waals surface area contributed by atoms with Crippen molar-refractivity contribution in [1.29, 1.82) is 0 Å². The predicted molar refractivity (Wildman–Crippen MR) is 132 cm³/mol. The lowest BCUT2D eigenvalue weighted by Gasteiger charge is -2.16. The van der Waals surface area contributed by atoms with Crippen LogP contribution in [0.1, 0.15) is 50.9 Å². The normalized spacial score (nSPS) is 12.9. The van der Waals surface area contributed by atoms with Crippen molar-refractivity contribution in [2.45, 2.75) is 33.7 Å². The van der Waals surface area contributed by atoms with Gasteiger partial charge in [0.2, 0.25) is 11.6 Å². The number of rotatable bonds is 8. The number of ether oxygens (including phenoxy) is 1. The van der Waals surface area contributed by atoms with Crippen molar-refractivity contribution in [3.8, 4) is 11.3 Å². The average molecular weight is 474 g/mol. The summed E-state index contributed by atoms with van der Waals surface area (Å²) in [7, 11) is 1.84. The molecule has 0 amide bonds. The molecule has 0 fully saturated rings. The van der Waals surface area contributed by atoms with Crippen LogP contribution in [0.2, 0.25) is 0 Å². The van der Waals surface area contributed by atoms with Gasteiger partial charge >= 0.3 is 5.97 Å². The number of esters is 1. The molecule has 0 atom stereocenters. The number of ketones is 3. The Morgan fingerprint density at radius 2 is 1.74 bits per heavy atom. The highest BCUT2D eigenvalue weighted by Gasteiger charge is 2.37. The first kappa shape index (κ1) is 24.3. The summed E-state index contributed by atoms with van der Waals surface area (Å²) in [5, 5.41) is 1.68. The fraction of sp³-hybridized carbons (Fsp3) is 0.286. The summed E-state index contributed by atoms with van der Waals surface area (Å²) in [5.74, 6) is -0.795. The molecule has 1 aromatic heterocycles. The third kappa shape index (κ3) is 4.59. The van der Waals surface area contributed by atoms with Gasteiger partial charge in [-0.2, -0.15) is 0 Å². The number of Topliss-reactive ketones (excluding diaryl/α,β-unsaturated/α-hetero) is 2. The van der Waals surface area contributed by atoms with Gasteiger partial charge in [-0.25, -0.2) is 4.79 Å². The summed E-state index contributed by atoms with van der Waals surface area (Å²) in [6, 6.07) is 9.51. The molecule has 0 spiro atoms. The summed E-state index contributed by atoms with van der Waals surface area (Å²) >= 11 is 0. The lowest BCUT2D eigenvalue weighted by Crippen LogP contribution is -2.24. The number of carbonyl (C=O) groups is 4. The fourth-order valence-electron chi connectivity index (χ4n) is 4.30. The molecule has 0 saturated carbocycles. The minimum Gasteiger partial charge on any atom is -0.461 e. The van der Waals surface area contributed by atoms with Gasteiger partial charge in [-0.3, -0.25) is 19.3 Å². The van der Waals surface area contributed by atoms with Crippen LogP contribution in [0.5, 0.6) is 0 Å². The van der Waals surface area contributed by atoms with Crippen molar-refractivity contribution < 1.29 is 28.3 Å². The van der Waals surface area contributed by atoms with Crippen LogP contribution < -0.4 is 0 Å². The monoisotopic (exact) mass is 473 g/mol. The molecule has 2 aromatic carbocycles. The smallest absolute Gasteiger partial charge is 0.330 e. The van der Waals surface area contributed by atoms with E-state index in [2.05, 4.69) is 0 Å². The first-order valence-electron chi connectivity index (χ1n) is 11.5. The SMILES string of the molecule is CCC(=O)/C=C/C(=O)OCCN(C)Cc1oc2c(c1C)C(=O)C(=O)c1c-2ccc2c(C)cccc12. The predicted octanol–water partition coefficient (Wildman–Crippen LogP) is 4.61. The highest BCUT2D eigenvalue weighted by molar-refractivity contribution is 6.54. The molecule has 0 unspecified atom stereocenters. The standard InChI is InChI=1S/C28H27NO6/c1-5-18(30)9-12-23(31)34-14-13-29(4)15-22-17(3)24-26(32)27(33)25-20-8-6-7-16(2)19(20)10-11-21(25)28(24)35-22/h6-12H,5,13-15H2,1-4H3/b12-9+. The molecule has 1 heterocycles. The highest BCUT2D eigenvalue weighted by Crippen LogP contribution is 2.41. The van der Waals surface area contributed by atoms with Gasteiger partial charge in [0.15, 0.2) is 5.78 Å². The largest absolute Gasteiger partial charge is 0.461 e. The molecule has 7 heteroatoms. The van der Waals surface area contributed by atoms with Gasteiger partial charge in [0.25, 0.3) is 0 Å². The molecular weight excluding hydrogens is 446 g/mol. The zero-order valence-corrected chi connectivity index (χ0v) is 20.3. The molecule has 1 aliphatic carbocycles. The van der Waals surface area contributed by atoms with E-state index in [1.807, 2.05) is 49.2 Å². The number of fused-ring (bicyclic) bond motifs is 5. The van der Waals surface area contributed by atoms with Crippen LogP contribution in [0, 0.1) is 13.8 Å². The Labute approximate surface area is 203 Å². The van der Waals surface area contributed by atoms with E-state index in [-0.39, 0.29) is 12.4 Å². The van der Waals surface area contributed by atoms with E-state index in [4.69, 9.17) is 9.15 Å².